The van der Waals surface area contributed by atoms with Crippen LogP contribution in [0.4, 0.5) is 10.5 Å². The van der Waals surface area contributed by atoms with Crippen LogP contribution >= 0.6 is 0 Å². The van der Waals surface area contributed by atoms with Crippen molar-refractivity contribution in [1.82, 2.24) is 20.1 Å². The van der Waals surface area contributed by atoms with Gasteiger partial charge in [-0.1, -0.05) is 0 Å². The zero-order valence-electron chi connectivity index (χ0n) is 12.3. The Balaban J connectivity index is 2.49. The van der Waals surface area contributed by atoms with Crippen LogP contribution in [0.5, 0.6) is 0 Å². The molecular weight excluding hydrogens is 278 g/mol. The van der Waals surface area contributed by atoms with Crippen molar-refractivity contribution in [3.8, 4) is 0 Å². The molecule has 1 aromatic rings. The van der Waals surface area contributed by atoms with E-state index in [0.29, 0.717) is 6.54 Å². The molecule has 0 aliphatic heterocycles. The first-order valence-electron chi connectivity index (χ1n) is 6.36. The van der Waals surface area contributed by atoms with Gasteiger partial charge in [-0.3, -0.25) is 20.2 Å². The third kappa shape index (κ3) is 5.22. The van der Waals surface area contributed by atoms with E-state index < -0.39 is 16.9 Å². The number of nitrogens with one attached hydrogen (secondary N) is 2. The molecule has 116 valence electrons. The fourth-order valence-electron chi connectivity index (χ4n) is 1.68. The average Bonchev–Trinajstić information content (AvgIpc) is 2.77. The molecule has 0 atom stereocenters. The van der Waals surface area contributed by atoms with E-state index in [1.54, 1.807) is 0 Å². The number of aromatic nitrogens is 1. The Morgan fingerprint density at radius 2 is 2.10 bits per heavy atom. The van der Waals surface area contributed by atoms with Crippen molar-refractivity contribution in [1.29, 1.82) is 0 Å². The summed E-state index contributed by atoms with van der Waals surface area (Å²) in [6.07, 6.45) is 1.97. The Labute approximate surface area is 122 Å². The largest absolute Gasteiger partial charge is 0.340 e. The van der Waals surface area contributed by atoms with Gasteiger partial charge in [-0.15, -0.1) is 0 Å². The van der Waals surface area contributed by atoms with E-state index in [0.717, 1.165) is 19.0 Å². The highest BCUT2D eigenvalue weighted by Crippen LogP contribution is 2.14. The maximum atomic E-state index is 11.8. The van der Waals surface area contributed by atoms with Crippen molar-refractivity contribution >= 4 is 17.6 Å². The van der Waals surface area contributed by atoms with Crippen LogP contribution in [0.25, 0.3) is 0 Å². The molecular formula is C12H19N5O4. The molecule has 1 rings (SSSR count). The second-order valence-electron chi connectivity index (χ2n) is 4.82. The molecule has 0 radical (unpaired) electrons. The fraction of sp³-hybridized carbons (Fsp3) is 0.500. The normalized spacial score (nSPS) is 10.5. The molecule has 0 unspecified atom stereocenters. The van der Waals surface area contributed by atoms with Crippen molar-refractivity contribution in [3.05, 3.63) is 28.1 Å². The Hall–Kier alpha value is -2.42. The molecule has 0 spiro atoms. The number of imide groups is 1. The van der Waals surface area contributed by atoms with Gasteiger partial charge in [0.2, 0.25) is 0 Å². The van der Waals surface area contributed by atoms with Crippen LogP contribution in [-0.2, 0) is 7.05 Å². The first-order valence-corrected chi connectivity index (χ1v) is 6.36. The standard InChI is InChI=1S/C12H19N5O4/c1-15(2)6-4-5-13-12(19)14-11(18)10-7-9(17(20)21)8-16(10)3/h7-8H,4-6H2,1-3H3,(H2,13,14,18,19). The van der Waals surface area contributed by atoms with Gasteiger partial charge in [0.05, 0.1) is 11.1 Å². The lowest BCUT2D eigenvalue weighted by Crippen LogP contribution is -2.40. The summed E-state index contributed by atoms with van der Waals surface area (Å²) in [4.78, 5) is 35.4. The molecule has 2 N–H and O–H groups in total. The highest BCUT2D eigenvalue weighted by atomic mass is 16.6. The minimum Gasteiger partial charge on any atom is -0.340 e. The second kappa shape index (κ2) is 7.39. The predicted octanol–water partition coefficient (Wildman–Crippen LogP) is 0.324. The Morgan fingerprint density at radius 3 is 2.62 bits per heavy atom. The van der Waals surface area contributed by atoms with Gasteiger partial charge in [0.15, 0.2) is 0 Å². The van der Waals surface area contributed by atoms with Gasteiger partial charge < -0.3 is 14.8 Å². The summed E-state index contributed by atoms with van der Waals surface area (Å²) in [6.45, 7) is 1.25. The third-order valence-electron chi connectivity index (χ3n) is 2.73. The average molecular weight is 297 g/mol. The molecule has 0 fully saturated rings. The van der Waals surface area contributed by atoms with Gasteiger partial charge in [-0.05, 0) is 27.1 Å². The lowest BCUT2D eigenvalue weighted by Gasteiger charge is -2.10. The summed E-state index contributed by atoms with van der Waals surface area (Å²) < 4.78 is 1.30. The number of aryl methyl sites for hydroxylation is 1. The number of hydrogen-bond donors (Lipinski definition) is 2. The molecule has 0 saturated heterocycles. The van der Waals surface area contributed by atoms with Gasteiger partial charge in [-0.2, -0.15) is 0 Å². The Bertz CT molecular complexity index is 538. The van der Waals surface area contributed by atoms with Crippen LogP contribution in [0.1, 0.15) is 16.9 Å². The lowest BCUT2D eigenvalue weighted by atomic mass is 10.4. The second-order valence-corrected chi connectivity index (χ2v) is 4.82. The summed E-state index contributed by atoms with van der Waals surface area (Å²) in [7, 11) is 5.34. The molecule has 0 aromatic carbocycles. The van der Waals surface area contributed by atoms with Crippen molar-refractivity contribution in [2.45, 2.75) is 6.42 Å². The number of carbonyl (C=O) groups excluding carboxylic acids is 2. The van der Waals surface area contributed by atoms with E-state index >= 15 is 0 Å². The highest BCUT2D eigenvalue weighted by molar-refractivity contribution is 6.03. The zero-order chi connectivity index (χ0) is 16.0. The summed E-state index contributed by atoms with van der Waals surface area (Å²) in [6, 6.07) is 0.497. The van der Waals surface area contributed by atoms with Crippen LogP contribution in [0.3, 0.4) is 0 Å². The number of amides is 3. The molecule has 21 heavy (non-hydrogen) atoms. The van der Waals surface area contributed by atoms with Gasteiger partial charge >= 0.3 is 6.03 Å². The monoisotopic (exact) mass is 297 g/mol. The predicted molar refractivity (Wildman–Crippen MR) is 76.1 cm³/mol. The smallest absolute Gasteiger partial charge is 0.321 e. The summed E-state index contributed by atoms with van der Waals surface area (Å²) in [5.41, 5.74) is -0.154. The maximum Gasteiger partial charge on any atom is 0.321 e. The van der Waals surface area contributed by atoms with Gasteiger partial charge in [0.1, 0.15) is 5.69 Å². The molecule has 0 bridgehead atoms. The van der Waals surface area contributed by atoms with Crippen molar-refractivity contribution in [2.75, 3.05) is 27.2 Å². The van der Waals surface area contributed by atoms with Gasteiger partial charge in [0, 0.05) is 19.7 Å². The Kier molecular flexibility index (Phi) is 5.85. The molecule has 0 aliphatic carbocycles. The summed E-state index contributed by atoms with van der Waals surface area (Å²) in [5, 5.41) is 15.3. The zero-order valence-corrected chi connectivity index (χ0v) is 12.3. The third-order valence-corrected chi connectivity index (χ3v) is 2.73. The number of urea groups is 1. The number of nitrogens with zero attached hydrogens (tertiary/aromatic N) is 3. The lowest BCUT2D eigenvalue weighted by molar-refractivity contribution is -0.384. The first-order chi connectivity index (χ1) is 9.81. The highest BCUT2D eigenvalue weighted by Gasteiger charge is 2.18. The topological polar surface area (TPSA) is 110 Å². The maximum absolute atomic E-state index is 11.8. The first kappa shape index (κ1) is 16.6. The van der Waals surface area contributed by atoms with Crippen LogP contribution in [-0.4, -0.2) is 53.5 Å². The van der Waals surface area contributed by atoms with Gasteiger partial charge in [-0.25, -0.2) is 4.79 Å². The molecule has 3 amide bonds. The van der Waals surface area contributed by atoms with Crippen LogP contribution in [0.2, 0.25) is 0 Å². The molecule has 1 aromatic heterocycles. The minimum absolute atomic E-state index is 0.0464. The summed E-state index contributed by atoms with van der Waals surface area (Å²) in [5.74, 6) is -0.685. The molecule has 0 saturated carbocycles. The molecule has 1 heterocycles. The van der Waals surface area contributed by atoms with Crippen LogP contribution in [0.15, 0.2) is 12.3 Å². The van der Waals surface area contributed by atoms with E-state index in [1.807, 2.05) is 19.0 Å². The number of nitro groups is 1. The molecule has 0 aliphatic rings. The van der Waals surface area contributed by atoms with E-state index in [4.69, 9.17) is 0 Å². The summed E-state index contributed by atoms with van der Waals surface area (Å²) >= 11 is 0. The van der Waals surface area contributed by atoms with Crippen molar-refractivity contribution < 1.29 is 14.5 Å². The van der Waals surface area contributed by atoms with Gasteiger partial charge in [0.25, 0.3) is 11.6 Å². The quantitative estimate of drug-likeness (QED) is 0.446. The van der Waals surface area contributed by atoms with Crippen LogP contribution < -0.4 is 10.6 Å². The number of carbonyl (C=O) groups is 2. The van der Waals surface area contributed by atoms with Crippen molar-refractivity contribution in [3.63, 3.8) is 0 Å². The van der Waals surface area contributed by atoms with E-state index in [9.17, 15) is 19.7 Å². The van der Waals surface area contributed by atoms with Crippen LogP contribution in [0, 0.1) is 10.1 Å². The van der Waals surface area contributed by atoms with E-state index in [2.05, 4.69) is 10.6 Å². The minimum atomic E-state index is -0.685. The Morgan fingerprint density at radius 1 is 1.43 bits per heavy atom. The van der Waals surface area contributed by atoms with E-state index in [1.165, 1.54) is 17.8 Å². The van der Waals surface area contributed by atoms with Crippen molar-refractivity contribution in [2.24, 2.45) is 7.05 Å². The molecule has 9 heteroatoms. The number of hydrogen-bond acceptors (Lipinski definition) is 5. The molecule has 9 nitrogen and oxygen atoms in total. The van der Waals surface area contributed by atoms with E-state index in [-0.39, 0.29) is 11.4 Å². The number of rotatable bonds is 6. The fourth-order valence-corrected chi connectivity index (χ4v) is 1.68. The SMILES string of the molecule is CN(C)CCCNC(=O)NC(=O)c1cc([N+](=O)[O-])cn1C.